The molecule has 1 aromatic carbocycles. The lowest BCUT2D eigenvalue weighted by molar-refractivity contribution is -0.120. The summed E-state index contributed by atoms with van der Waals surface area (Å²) in [5.41, 5.74) is 2.33. The first kappa shape index (κ1) is 23.8. The number of nitrogens with zero attached hydrogens (tertiary/aromatic N) is 3. The van der Waals surface area contributed by atoms with Gasteiger partial charge in [-0.05, 0) is 36.0 Å². The minimum atomic E-state index is 0. The van der Waals surface area contributed by atoms with Crippen LogP contribution in [-0.2, 0) is 11.3 Å². The highest BCUT2D eigenvalue weighted by Crippen LogP contribution is 2.28. The van der Waals surface area contributed by atoms with Crippen molar-refractivity contribution in [2.75, 3.05) is 44.7 Å². The van der Waals surface area contributed by atoms with Gasteiger partial charge in [-0.2, -0.15) is 0 Å². The molecule has 2 aliphatic rings. The van der Waals surface area contributed by atoms with E-state index < -0.39 is 0 Å². The lowest BCUT2D eigenvalue weighted by Gasteiger charge is -2.28. The predicted molar refractivity (Wildman–Crippen MR) is 131 cm³/mol. The zero-order chi connectivity index (χ0) is 19.9. The standard InChI is InChI=1S/C22H35N5O.HI/c1-4-18(5-2)19-10-12-27(15-19)22(23-3)25-14-17-6-8-20(9-7-17)26-13-11-24-21(28)16-26;/h6-9,18-19H,4-5,10-16H2,1-3H3,(H,23,25)(H,24,28);1H. The van der Waals surface area contributed by atoms with Crippen molar-refractivity contribution in [1.29, 1.82) is 0 Å². The molecule has 1 atom stereocenters. The molecule has 2 saturated heterocycles. The summed E-state index contributed by atoms with van der Waals surface area (Å²) >= 11 is 0. The van der Waals surface area contributed by atoms with E-state index in [1.165, 1.54) is 24.8 Å². The van der Waals surface area contributed by atoms with Crippen molar-refractivity contribution >= 4 is 41.5 Å². The number of carbonyl (C=O) groups is 1. The van der Waals surface area contributed by atoms with Crippen molar-refractivity contribution in [2.45, 2.75) is 39.7 Å². The van der Waals surface area contributed by atoms with Crippen LogP contribution in [0, 0.1) is 11.8 Å². The van der Waals surface area contributed by atoms with Crippen LogP contribution >= 0.6 is 24.0 Å². The van der Waals surface area contributed by atoms with Gasteiger partial charge in [-0.3, -0.25) is 9.79 Å². The number of halogens is 1. The van der Waals surface area contributed by atoms with Gasteiger partial charge in [-0.1, -0.05) is 38.8 Å². The molecule has 0 bridgehead atoms. The third kappa shape index (κ3) is 6.23. The average molecular weight is 513 g/mol. The third-order valence-corrected chi connectivity index (χ3v) is 6.24. The summed E-state index contributed by atoms with van der Waals surface area (Å²) in [5, 5.41) is 6.40. The zero-order valence-electron chi connectivity index (χ0n) is 18.0. The number of anilines is 1. The monoisotopic (exact) mass is 513 g/mol. The molecule has 2 heterocycles. The maximum atomic E-state index is 11.6. The molecule has 0 aromatic heterocycles. The fourth-order valence-corrected chi connectivity index (χ4v) is 4.52. The summed E-state index contributed by atoms with van der Waals surface area (Å²) < 4.78 is 0. The Kier molecular flexibility index (Phi) is 9.52. The molecule has 2 N–H and O–H groups in total. The topological polar surface area (TPSA) is 60.0 Å². The normalized spacial score (nSPS) is 19.9. The Morgan fingerprint density at radius 3 is 2.59 bits per heavy atom. The fraction of sp³-hybridized carbons (Fsp3) is 0.636. The van der Waals surface area contributed by atoms with Crippen LogP contribution in [0.3, 0.4) is 0 Å². The van der Waals surface area contributed by atoms with E-state index in [1.807, 2.05) is 7.05 Å². The van der Waals surface area contributed by atoms with Crippen LogP contribution in [0.15, 0.2) is 29.3 Å². The van der Waals surface area contributed by atoms with Crippen molar-refractivity contribution in [3.63, 3.8) is 0 Å². The Balaban J connectivity index is 0.00000300. The number of guanidine groups is 1. The molecule has 6 nitrogen and oxygen atoms in total. The Morgan fingerprint density at radius 2 is 1.97 bits per heavy atom. The van der Waals surface area contributed by atoms with Crippen LogP contribution in [-0.4, -0.2) is 56.5 Å². The Labute approximate surface area is 192 Å². The number of rotatable bonds is 6. The predicted octanol–water partition coefficient (Wildman–Crippen LogP) is 3.07. The smallest absolute Gasteiger partial charge is 0.239 e. The van der Waals surface area contributed by atoms with Crippen LogP contribution in [0.4, 0.5) is 5.69 Å². The SMILES string of the molecule is CCC(CC)C1CCN(C(=NC)NCc2ccc(N3CCNC(=O)C3)cc2)C1.I. The summed E-state index contributed by atoms with van der Waals surface area (Å²) in [4.78, 5) is 20.6. The summed E-state index contributed by atoms with van der Waals surface area (Å²) in [7, 11) is 1.87. The van der Waals surface area contributed by atoms with Crippen molar-refractivity contribution in [2.24, 2.45) is 16.8 Å². The molecule has 1 aromatic rings. The van der Waals surface area contributed by atoms with Crippen LogP contribution in [0.2, 0.25) is 0 Å². The largest absolute Gasteiger partial charge is 0.360 e. The molecule has 29 heavy (non-hydrogen) atoms. The molecule has 2 aliphatic heterocycles. The van der Waals surface area contributed by atoms with Crippen LogP contribution < -0.4 is 15.5 Å². The van der Waals surface area contributed by atoms with Crippen LogP contribution in [0.1, 0.15) is 38.7 Å². The molecule has 3 rings (SSSR count). The lowest BCUT2D eigenvalue weighted by Crippen LogP contribution is -2.47. The second kappa shape index (κ2) is 11.6. The van der Waals surface area contributed by atoms with Gasteiger partial charge in [0, 0.05) is 45.5 Å². The highest BCUT2D eigenvalue weighted by Gasteiger charge is 2.29. The van der Waals surface area contributed by atoms with E-state index in [2.05, 4.69) is 63.5 Å². The fourth-order valence-electron chi connectivity index (χ4n) is 4.52. The van der Waals surface area contributed by atoms with Gasteiger partial charge in [-0.15, -0.1) is 24.0 Å². The number of aliphatic imine (C=N–C) groups is 1. The van der Waals surface area contributed by atoms with Gasteiger partial charge < -0.3 is 20.4 Å². The van der Waals surface area contributed by atoms with Gasteiger partial charge in [0.2, 0.25) is 5.91 Å². The minimum absolute atomic E-state index is 0. The van der Waals surface area contributed by atoms with Crippen LogP contribution in [0.5, 0.6) is 0 Å². The maximum absolute atomic E-state index is 11.6. The number of piperazine rings is 1. The molecule has 0 spiro atoms. The number of hydrogen-bond donors (Lipinski definition) is 2. The molecule has 1 unspecified atom stereocenters. The van der Waals surface area contributed by atoms with E-state index in [9.17, 15) is 4.79 Å². The number of likely N-dealkylation sites (tertiary alicyclic amines) is 1. The average Bonchev–Trinajstić information content (AvgIpc) is 3.20. The van der Waals surface area contributed by atoms with E-state index in [-0.39, 0.29) is 29.9 Å². The van der Waals surface area contributed by atoms with E-state index in [0.717, 1.165) is 49.7 Å². The Morgan fingerprint density at radius 1 is 1.24 bits per heavy atom. The summed E-state index contributed by atoms with van der Waals surface area (Å²) in [6, 6.07) is 8.49. The number of carbonyl (C=O) groups excluding carboxylic acids is 1. The summed E-state index contributed by atoms with van der Waals surface area (Å²) in [6.07, 6.45) is 3.81. The van der Waals surface area contributed by atoms with Crippen molar-refractivity contribution < 1.29 is 4.79 Å². The van der Waals surface area contributed by atoms with E-state index in [0.29, 0.717) is 13.1 Å². The highest BCUT2D eigenvalue weighted by molar-refractivity contribution is 14.0. The number of amides is 1. The highest BCUT2D eigenvalue weighted by atomic mass is 127. The van der Waals surface area contributed by atoms with E-state index in [4.69, 9.17) is 0 Å². The number of nitrogens with one attached hydrogen (secondary N) is 2. The Bertz CT molecular complexity index is 674. The number of hydrogen-bond acceptors (Lipinski definition) is 3. The maximum Gasteiger partial charge on any atom is 0.239 e. The number of benzene rings is 1. The second-order valence-corrected chi connectivity index (χ2v) is 7.91. The molecule has 0 radical (unpaired) electrons. The molecule has 0 aliphatic carbocycles. The molecule has 1 amide bonds. The molecule has 7 heteroatoms. The van der Waals surface area contributed by atoms with Gasteiger partial charge in [0.15, 0.2) is 5.96 Å². The van der Waals surface area contributed by atoms with Gasteiger partial charge in [0.05, 0.1) is 6.54 Å². The molecule has 2 fully saturated rings. The van der Waals surface area contributed by atoms with E-state index >= 15 is 0 Å². The Hall–Kier alpha value is -1.51. The third-order valence-electron chi connectivity index (χ3n) is 6.24. The van der Waals surface area contributed by atoms with Gasteiger partial charge >= 0.3 is 0 Å². The van der Waals surface area contributed by atoms with Crippen molar-refractivity contribution in [1.82, 2.24) is 15.5 Å². The summed E-state index contributed by atoms with van der Waals surface area (Å²) in [5.74, 6) is 2.71. The van der Waals surface area contributed by atoms with Crippen molar-refractivity contribution in [3.8, 4) is 0 Å². The minimum Gasteiger partial charge on any atom is -0.360 e. The zero-order valence-corrected chi connectivity index (χ0v) is 20.3. The molecule has 0 saturated carbocycles. The lowest BCUT2D eigenvalue weighted by atomic mass is 9.87. The van der Waals surface area contributed by atoms with Gasteiger partial charge in [0.25, 0.3) is 0 Å². The van der Waals surface area contributed by atoms with Gasteiger partial charge in [-0.25, -0.2) is 0 Å². The van der Waals surface area contributed by atoms with Crippen molar-refractivity contribution in [3.05, 3.63) is 29.8 Å². The quantitative estimate of drug-likeness (QED) is 0.349. The molecular formula is C22H36IN5O. The first-order valence-corrected chi connectivity index (χ1v) is 10.7. The van der Waals surface area contributed by atoms with Crippen LogP contribution in [0.25, 0.3) is 0 Å². The summed E-state index contributed by atoms with van der Waals surface area (Å²) in [6.45, 7) is 9.61. The van der Waals surface area contributed by atoms with Gasteiger partial charge in [0.1, 0.15) is 0 Å². The molecular weight excluding hydrogens is 477 g/mol. The first-order chi connectivity index (χ1) is 13.6. The van der Waals surface area contributed by atoms with E-state index in [1.54, 1.807) is 0 Å². The molecule has 162 valence electrons. The first-order valence-electron chi connectivity index (χ1n) is 10.7. The second-order valence-electron chi connectivity index (χ2n) is 7.91.